The summed E-state index contributed by atoms with van der Waals surface area (Å²) in [6.07, 6.45) is 4.70. The average molecular weight is 242 g/mol. The fourth-order valence-electron chi connectivity index (χ4n) is 1.47. The Labute approximate surface area is 105 Å². The van der Waals surface area contributed by atoms with Gasteiger partial charge >= 0.3 is 0 Å². The predicted molar refractivity (Wildman–Crippen MR) is 70.1 cm³/mol. The summed E-state index contributed by atoms with van der Waals surface area (Å²) in [4.78, 5) is 15.7. The molecule has 2 heterocycles. The van der Waals surface area contributed by atoms with Crippen LogP contribution in [-0.2, 0) is 4.79 Å². The van der Waals surface area contributed by atoms with Crippen molar-refractivity contribution in [3.63, 3.8) is 0 Å². The molecule has 92 valence electrons. The Bertz CT molecular complexity index is 585. The lowest BCUT2D eigenvalue weighted by Crippen LogP contribution is -2.09. The molecule has 0 spiro atoms. The highest BCUT2D eigenvalue weighted by Gasteiger charge is 2.00. The number of furan rings is 1. The molecule has 0 fully saturated rings. The van der Waals surface area contributed by atoms with Gasteiger partial charge in [0, 0.05) is 12.3 Å². The molecule has 0 saturated heterocycles. The minimum absolute atomic E-state index is 0.234. The second-order valence-corrected chi connectivity index (χ2v) is 3.99. The summed E-state index contributed by atoms with van der Waals surface area (Å²) in [6, 6.07) is 7.34. The number of pyridine rings is 1. The highest BCUT2D eigenvalue weighted by molar-refractivity contribution is 6.01. The maximum Gasteiger partial charge on any atom is 0.249 e. The number of carbonyl (C=O) groups is 1. The standard InChI is InChI=1S/C14H14N2O2/c1-10-7-8-15-13(9-10)16-14(17)6-5-12-4-3-11(2)18-12/h3-9H,1-2H3,(H,15,16,17). The normalized spacial score (nSPS) is 10.8. The fraction of sp³-hybridized carbons (Fsp3) is 0.143. The van der Waals surface area contributed by atoms with Crippen LogP contribution in [0, 0.1) is 13.8 Å². The largest absolute Gasteiger partial charge is 0.462 e. The Morgan fingerprint density at radius 2 is 2.17 bits per heavy atom. The quantitative estimate of drug-likeness (QED) is 0.842. The molecule has 0 saturated carbocycles. The zero-order chi connectivity index (χ0) is 13.0. The maximum absolute atomic E-state index is 11.6. The molecule has 1 amide bonds. The van der Waals surface area contributed by atoms with Gasteiger partial charge in [-0.25, -0.2) is 4.98 Å². The van der Waals surface area contributed by atoms with E-state index < -0.39 is 0 Å². The van der Waals surface area contributed by atoms with Crippen LogP contribution >= 0.6 is 0 Å². The van der Waals surface area contributed by atoms with Gasteiger partial charge in [-0.1, -0.05) is 0 Å². The summed E-state index contributed by atoms with van der Waals surface area (Å²) >= 11 is 0. The van der Waals surface area contributed by atoms with Crippen molar-refractivity contribution in [2.45, 2.75) is 13.8 Å². The number of aryl methyl sites for hydroxylation is 2. The van der Waals surface area contributed by atoms with Crippen LogP contribution in [0.1, 0.15) is 17.1 Å². The topological polar surface area (TPSA) is 55.1 Å². The maximum atomic E-state index is 11.6. The van der Waals surface area contributed by atoms with Crippen LogP contribution in [0.25, 0.3) is 6.08 Å². The van der Waals surface area contributed by atoms with Gasteiger partial charge in [0.15, 0.2) is 0 Å². The van der Waals surface area contributed by atoms with Crippen LogP contribution in [0.2, 0.25) is 0 Å². The van der Waals surface area contributed by atoms with Gasteiger partial charge in [0.2, 0.25) is 5.91 Å². The van der Waals surface area contributed by atoms with Gasteiger partial charge < -0.3 is 9.73 Å². The lowest BCUT2D eigenvalue weighted by molar-refractivity contribution is -0.111. The molecule has 0 aliphatic rings. The van der Waals surface area contributed by atoms with E-state index >= 15 is 0 Å². The van der Waals surface area contributed by atoms with E-state index in [1.54, 1.807) is 12.3 Å². The Hall–Kier alpha value is -2.36. The molecule has 2 aromatic heterocycles. The number of aromatic nitrogens is 1. The molecule has 0 atom stereocenters. The molecular formula is C14H14N2O2. The second-order valence-electron chi connectivity index (χ2n) is 3.99. The molecule has 0 aliphatic carbocycles. The van der Waals surface area contributed by atoms with E-state index in [-0.39, 0.29) is 5.91 Å². The van der Waals surface area contributed by atoms with E-state index in [4.69, 9.17) is 4.42 Å². The van der Waals surface area contributed by atoms with Crippen molar-refractivity contribution in [1.82, 2.24) is 4.98 Å². The van der Waals surface area contributed by atoms with Crippen LogP contribution in [0.3, 0.4) is 0 Å². The number of nitrogens with one attached hydrogen (secondary N) is 1. The molecule has 2 aromatic rings. The molecule has 0 radical (unpaired) electrons. The molecule has 0 unspecified atom stereocenters. The smallest absolute Gasteiger partial charge is 0.249 e. The van der Waals surface area contributed by atoms with E-state index in [2.05, 4.69) is 10.3 Å². The van der Waals surface area contributed by atoms with E-state index in [0.29, 0.717) is 11.6 Å². The molecule has 0 aromatic carbocycles. The van der Waals surface area contributed by atoms with Crippen molar-refractivity contribution in [2.75, 3.05) is 5.32 Å². The number of anilines is 1. The van der Waals surface area contributed by atoms with Crippen LogP contribution in [0.4, 0.5) is 5.82 Å². The number of nitrogens with zero attached hydrogens (tertiary/aromatic N) is 1. The highest BCUT2D eigenvalue weighted by atomic mass is 16.3. The molecule has 4 nitrogen and oxygen atoms in total. The third-order valence-electron chi connectivity index (χ3n) is 2.33. The molecule has 1 N–H and O–H groups in total. The summed E-state index contributed by atoms with van der Waals surface area (Å²) in [6.45, 7) is 3.80. The minimum Gasteiger partial charge on any atom is -0.462 e. The average Bonchev–Trinajstić information content (AvgIpc) is 2.73. The van der Waals surface area contributed by atoms with Gasteiger partial charge in [-0.3, -0.25) is 4.79 Å². The van der Waals surface area contributed by atoms with Gasteiger partial charge in [0.1, 0.15) is 17.3 Å². The first-order valence-corrected chi connectivity index (χ1v) is 5.61. The van der Waals surface area contributed by atoms with Crippen molar-refractivity contribution in [1.29, 1.82) is 0 Å². The fourth-order valence-corrected chi connectivity index (χ4v) is 1.47. The van der Waals surface area contributed by atoms with Gasteiger partial charge in [0.25, 0.3) is 0 Å². The molecule has 18 heavy (non-hydrogen) atoms. The first-order valence-electron chi connectivity index (χ1n) is 5.61. The number of amides is 1. The monoisotopic (exact) mass is 242 g/mol. The number of hydrogen-bond donors (Lipinski definition) is 1. The van der Waals surface area contributed by atoms with Crippen LogP contribution in [0.15, 0.2) is 41.0 Å². The van der Waals surface area contributed by atoms with Crippen molar-refractivity contribution in [3.8, 4) is 0 Å². The minimum atomic E-state index is -0.234. The first kappa shape index (κ1) is 12.1. The van der Waals surface area contributed by atoms with Gasteiger partial charge in [0.05, 0.1) is 0 Å². The Kier molecular flexibility index (Phi) is 3.57. The Morgan fingerprint density at radius 1 is 1.33 bits per heavy atom. The van der Waals surface area contributed by atoms with Crippen LogP contribution in [0.5, 0.6) is 0 Å². The lowest BCUT2D eigenvalue weighted by atomic mass is 10.3. The molecule has 2 rings (SSSR count). The molecular weight excluding hydrogens is 228 g/mol. The van der Waals surface area contributed by atoms with E-state index in [9.17, 15) is 4.79 Å². The predicted octanol–water partition coefficient (Wildman–Crippen LogP) is 2.94. The zero-order valence-corrected chi connectivity index (χ0v) is 10.3. The number of rotatable bonds is 3. The summed E-state index contributed by atoms with van der Waals surface area (Å²) < 4.78 is 5.32. The number of hydrogen-bond acceptors (Lipinski definition) is 3. The summed E-state index contributed by atoms with van der Waals surface area (Å²) in [7, 11) is 0. The van der Waals surface area contributed by atoms with Crippen molar-refractivity contribution >= 4 is 17.8 Å². The third-order valence-corrected chi connectivity index (χ3v) is 2.33. The Balaban J connectivity index is 1.98. The number of carbonyl (C=O) groups excluding carboxylic acids is 1. The third kappa shape index (κ3) is 3.31. The van der Waals surface area contributed by atoms with E-state index in [0.717, 1.165) is 11.3 Å². The van der Waals surface area contributed by atoms with Gasteiger partial charge in [-0.05, 0) is 49.8 Å². The van der Waals surface area contributed by atoms with Gasteiger partial charge in [-0.2, -0.15) is 0 Å². The van der Waals surface area contributed by atoms with Crippen molar-refractivity contribution < 1.29 is 9.21 Å². The summed E-state index contributed by atoms with van der Waals surface area (Å²) in [5, 5.41) is 2.68. The van der Waals surface area contributed by atoms with Crippen LogP contribution < -0.4 is 5.32 Å². The second kappa shape index (κ2) is 5.31. The first-order chi connectivity index (χ1) is 8.63. The molecule has 0 bridgehead atoms. The zero-order valence-electron chi connectivity index (χ0n) is 10.3. The SMILES string of the molecule is Cc1ccnc(NC(=O)C=Cc2ccc(C)o2)c1. The summed E-state index contributed by atoms with van der Waals surface area (Å²) in [5.41, 5.74) is 1.05. The molecule has 0 aliphatic heterocycles. The van der Waals surface area contributed by atoms with Crippen LogP contribution in [-0.4, -0.2) is 10.9 Å². The van der Waals surface area contributed by atoms with Crippen molar-refractivity contribution in [3.05, 3.63) is 53.6 Å². The van der Waals surface area contributed by atoms with E-state index in [1.807, 2.05) is 38.1 Å². The Morgan fingerprint density at radius 3 is 2.83 bits per heavy atom. The molecule has 4 heteroatoms. The summed E-state index contributed by atoms with van der Waals surface area (Å²) in [5.74, 6) is 1.78. The van der Waals surface area contributed by atoms with E-state index in [1.165, 1.54) is 6.08 Å². The lowest BCUT2D eigenvalue weighted by Gasteiger charge is -2.01. The van der Waals surface area contributed by atoms with Gasteiger partial charge in [-0.15, -0.1) is 0 Å². The van der Waals surface area contributed by atoms with Crippen molar-refractivity contribution in [2.24, 2.45) is 0 Å². The highest BCUT2D eigenvalue weighted by Crippen LogP contribution is 2.09.